The van der Waals surface area contributed by atoms with Crippen LogP contribution in [0.1, 0.15) is 11.1 Å². The molecule has 1 aromatic carbocycles. The molecule has 3 rings (SSSR count). The molecule has 0 fully saturated rings. The maximum atomic E-state index is 4.20. The first-order valence-electron chi connectivity index (χ1n) is 3.87. The quantitative estimate of drug-likeness (QED) is 0.545. The van der Waals surface area contributed by atoms with Gasteiger partial charge < -0.3 is 0 Å². The topological polar surface area (TPSA) is 24.7 Å². The van der Waals surface area contributed by atoms with Gasteiger partial charge in [-0.1, -0.05) is 24.3 Å². The Morgan fingerprint density at radius 1 is 1.08 bits per heavy atom. The summed E-state index contributed by atoms with van der Waals surface area (Å²) in [6.45, 7) is 0. The van der Waals surface area contributed by atoms with E-state index in [0.29, 0.717) is 0 Å². The lowest BCUT2D eigenvalue weighted by Gasteiger charge is -1.95. The van der Waals surface area contributed by atoms with Crippen molar-refractivity contribution in [3.8, 4) is 0 Å². The van der Waals surface area contributed by atoms with Crippen LogP contribution in [0.3, 0.4) is 0 Å². The molecule has 0 spiro atoms. The summed E-state index contributed by atoms with van der Waals surface area (Å²) in [6, 6.07) is 8.21. The van der Waals surface area contributed by atoms with Crippen LogP contribution in [0.5, 0.6) is 0 Å². The van der Waals surface area contributed by atoms with Crippen molar-refractivity contribution in [3.05, 3.63) is 41.1 Å². The molecule has 2 heteroatoms. The van der Waals surface area contributed by atoms with E-state index in [9.17, 15) is 0 Å². The van der Waals surface area contributed by atoms with Gasteiger partial charge in [0.05, 0.1) is 11.4 Å². The molecular formula is C10H6N2. The second-order valence-electron chi connectivity index (χ2n) is 2.84. The van der Waals surface area contributed by atoms with E-state index in [1.807, 2.05) is 12.1 Å². The van der Waals surface area contributed by atoms with Gasteiger partial charge in [0.1, 0.15) is 6.34 Å². The fourth-order valence-electron chi connectivity index (χ4n) is 1.58. The lowest BCUT2D eigenvalue weighted by Crippen LogP contribution is -1.94. The number of allylic oxidation sites excluding steroid dienone is 1. The van der Waals surface area contributed by atoms with Crippen LogP contribution in [0.2, 0.25) is 0 Å². The average molecular weight is 154 g/mol. The fourth-order valence-corrected chi connectivity index (χ4v) is 1.58. The van der Waals surface area contributed by atoms with Crippen molar-refractivity contribution in [2.24, 2.45) is 9.98 Å². The zero-order valence-electron chi connectivity index (χ0n) is 6.36. The summed E-state index contributed by atoms with van der Waals surface area (Å²) in [7, 11) is 0. The number of hydrogen-bond acceptors (Lipinski definition) is 2. The lowest BCUT2D eigenvalue weighted by atomic mass is 10.1. The second kappa shape index (κ2) is 1.91. The fraction of sp³-hybridized carbons (Fsp3) is 0. The van der Waals surface area contributed by atoms with Crippen LogP contribution in [0.4, 0.5) is 0 Å². The zero-order chi connectivity index (χ0) is 7.97. The third kappa shape index (κ3) is 0.593. The number of aliphatic imine (C=N–C) groups is 2. The summed E-state index contributed by atoms with van der Waals surface area (Å²) in [5, 5.41) is 0. The largest absolute Gasteiger partial charge is 0.235 e. The maximum Gasteiger partial charge on any atom is 0.116 e. The molecule has 1 heterocycles. The van der Waals surface area contributed by atoms with Gasteiger partial charge in [0, 0.05) is 5.56 Å². The van der Waals surface area contributed by atoms with Gasteiger partial charge in [-0.2, -0.15) is 0 Å². The Bertz CT molecular complexity index is 439. The summed E-state index contributed by atoms with van der Waals surface area (Å²) in [6.07, 6.45) is 3.68. The zero-order valence-corrected chi connectivity index (χ0v) is 6.36. The highest BCUT2D eigenvalue weighted by Crippen LogP contribution is 2.27. The van der Waals surface area contributed by atoms with E-state index < -0.39 is 0 Å². The van der Waals surface area contributed by atoms with Gasteiger partial charge in [0.15, 0.2) is 0 Å². The van der Waals surface area contributed by atoms with Crippen molar-refractivity contribution >= 4 is 18.1 Å². The lowest BCUT2D eigenvalue weighted by molar-refractivity contribution is 1.57. The highest BCUT2D eigenvalue weighted by Gasteiger charge is 2.21. The molecule has 0 aromatic heterocycles. The Kier molecular flexibility index (Phi) is 0.939. The van der Waals surface area contributed by atoms with E-state index in [2.05, 4.69) is 28.2 Å². The number of rotatable bonds is 0. The first-order chi connectivity index (χ1) is 5.95. The van der Waals surface area contributed by atoms with E-state index in [1.165, 1.54) is 11.1 Å². The maximum absolute atomic E-state index is 4.20. The minimum Gasteiger partial charge on any atom is -0.235 e. The Labute approximate surface area is 70.0 Å². The van der Waals surface area contributed by atoms with Gasteiger partial charge in [-0.05, 0) is 11.6 Å². The molecule has 0 N–H and O–H groups in total. The Morgan fingerprint density at radius 3 is 3.00 bits per heavy atom. The third-order valence-electron chi connectivity index (χ3n) is 2.13. The van der Waals surface area contributed by atoms with Crippen LogP contribution in [0.25, 0.3) is 6.08 Å². The minimum atomic E-state index is 0.996. The first-order valence-corrected chi connectivity index (χ1v) is 3.87. The van der Waals surface area contributed by atoms with Crippen molar-refractivity contribution in [1.82, 2.24) is 0 Å². The van der Waals surface area contributed by atoms with Gasteiger partial charge in [0.25, 0.3) is 0 Å². The van der Waals surface area contributed by atoms with Crippen molar-refractivity contribution in [3.63, 3.8) is 0 Å². The second-order valence-corrected chi connectivity index (χ2v) is 2.84. The molecule has 1 aromatic rings. The van der Waals surface area contributed by atoms with E-state index in [4.69, 9.17) is 0 Å². The van der Waals surface area contributed by atoms with Crippen LogP contribution in [-0.4, -0.2) is 12.1 Å². The molecule has 56 valence electrons. The van der Waals surface area contributed by atoms with E-state index in [1.54, 1.807) is 6.34 Å². The molecule has 0 unspecified atom stereocenters. The predicted octanol–water partition coefficient (Wildman–Crippen LogP) is 1.87. The highest BCUT2D eigenvalue weighted by atomic mass is 15.0. The highest BCUT2D eigenvalue weighted by molar-refractivity contribution is 6.25. The molecule has 2 aliphatic rings. The summed E-state index contributed by atoms with van der Waals surface area (Å²) in [5.41, 5.74) is 4.44. The smallest absolute Gasteiger partial charge is 0.116 e. The summed E-state index contributed by atoms with van der Waals surface area (Å²) < 4.78 is 0. The Hall–Kier alpha value is -1.70. The van der Waals surface area contributed by atoms with Gasteiger partial charge in [-0.3, -0.25) is 0 Å². The first kappa shape index (κ1) is 5.89. The number of nitrogens with zero attached hydrogens (tertiary/aromatic N) is 2. The molecule has 1 aliphatic heterocycles. The van der Waals surface area contributed by atoms with Gasteiger partial charge in [-0.15, -0.1) is 0 Å². The number of benzene rings is 1. The van der Waals surface area contributed by atoms with Crippen LogP contribution in [0, 0.1) is 0 Å². The molecule has 1 aliphatic carbocycles. The molecule has 12 heavy (non-hydrogen) atoms. The SMILES string of the molecule is C1=NC2=Cc3ccccc3C2=N1. The number of hydrogen-bond donors (Lipinski definition) is 0. The van der Waals surface area contributed by atoms with Crippen molar-refractivity contribution in [2.45, 2.75) is 0 Å². The molecule has 0 radical (unpaired) electrons. The predicted molar refractivity (Wildman–Crippen MR) is 49.4 cm³/mol. The molecule has 0 saturated carbocycles. The third-order valence-corrected chi connectivity index (χ3v) is 2.13. The monoisotopic (exact) mass is 154 g/mol. The summed E-state index contributed by atoms with van der Waals surface area (Å²) in [5.74, 6) is 0. The van der Waals surface area contributed by atoms with Gasteiger partial charge >= 0.3 is 0 Å². The summed E-state index contributed by atoms with van der Waals surface area (Å²) >= 11 is 0. The standard InChI is InChI=1S/C10H6N2/c1-2-4-8-7(3-1)5-9-10(8)12-6-11-9/h1-6H. The van der Waals surface area contributed by atoms with Crippen molar-refractivity contribution < 1.29 is 0 Å². The minimum absolute atomic E-state index is 0.996. The van der Waals surface area contributed by atoms with Crippen LogP contribution >= 0.6 is 0 Å². The Morgan fingerprint density at radius 2 is 2.00 bits per heavy atom. The molecular weight excluding hydrogens is 148 g/mol. The normalized spacial score (nSPS) is 17.0. The van der Waals surface area contributed by atoms with Crippen molar-refractivity contribution in [2.75, 3.05) is 0 Å². The van der Waals surface area contributed by atoms with E-state index in [0.717, 1.165) is 11.4 Å². The molecule has 0 amide bonds. The molecule has 0 bridgehead atoms. The van der Waals surface area contributed by atoms with Gasteiger partial charge in [0.2, 0.25) is 0 Å². The van der Waals surface area contributed by atoms with Gasteiger partial charge in [-0.25, -0.2) is 9.98 Å². The summed E-state index contributed by atoms with van der Waals surface area (Å²) in [4.78, 5) is 8.34. The molecule has 0 saturated heterocycles. The van der Waals surface area contributed by atoms with Crippen LogP contribution < -0.4 is 0 Å². The van der Waals surface area contributed by atoms with Crippen LogP contribution in [0.15, 0.2) is 39.9 Å². The number of fused-ring (bicyclic) bond motifs is 3. The van der Waals surface area contributed by atoms with E-state index >= 15 is 0 Å². The van der Waals surface area contributed by atoms with E-state index in [-0.39, 0.29) is 0 Å². The molecule has 2 nitrogen and oxygen atoms in total. The Balaban J connectivity index is 2.33. The van der Waals surface area contributed by atoms with Crippen molar-refractivity contribution in [1.29, 1.82) is 0 Å². The average Bonchev–Trinajstić information content (AvgIpc) is 2.62. The van der Waals surface area contributed by atoms with Crippen LogP contribution in [-0.2, 0) is 0 Å². The molecule has 0 atom stereocenters.